The molecule has 1 aromatic heterocycles. The van der Waals surface area contributed by atoms with E-state index in [-0.39, 0.29) is 24.2 Å². The molecule has 130 valence electrons. The van der Waals surface area contributed by atoms with Gasteiger partial charge in [-0.3, -0.25) is 14.5 Å². The van der Waals surface area contributed by atoms with Gasteiger partial charge in [-0.2, -0.15) is 0 Å². The Morgan fingerprint density at radius 3 is 2.56 bits per heavy atom. The predicted molar refractivity (Wildman–Crippen MR) is 99.6 cm³/mol. The molecular formula is C19H19ClN2O3. The van der Waals surface area contributed by atoms with Gasteiger partial charge in [0.25, 0.3) is 11.8 Å². The van der Waals surface area contributed by atoms with Crippen molar-refractivity contribution in [2.75, 3.05) is 27.2 Å². The van der Waals surface area contributed by atoms with Crippen molar-refractivity contribution in [2.45, 2.75) is 6.92 Å². The highest BCUT2D eigenvalue weighted by Gasteiger charge is 2.38. The standard InChI is InChI=1S/C19H18N2O3.ClH/c1-11-10-13-16(19(23)21(18(13)22)9-8-20(2)3)15-12-6-4-5-7-14(12)24-17(11)15;/h4-7,10H,8-9H2,1-3H3;1H. The third kappa shape index (κ3) is 2.51. The van der Waals surface area contributed by atoms with E-state index in [1.54, 1.807) is 6.07 Å². The van der Waals surface area contributed by atoms with Gasteiger partial charge in [-0.25, -0.2) is 0 Å². The lowest BCUT2D eigenvalue weighted by Gasteiger charge is -2.16. The molecule has 0 spiro atoms. The van der Waals surface area contributed by atoms with Gasteiger partial charge in [0.15, 0.2) is 0 Å². The number of amides is 2. The number of nitrogens with zero attached hydrogens (tertiary/aromatic N) is 2. The Hall–Kier alpha value is -2.37. The molecule has 0 fully saturated rings. The van der Waals surface area contributed by atoms with Crippen LogP contribution in [0.5, 0.6) is 0 Å². The van der Waals surface area contributed by atoms with E-state index in [1.807, 2.05) is 50.2 Å². The highest BCUT2D eigenvalue weighted by Crippen LogP contribution is 2.38. The van der Waals surface area contributed by atoms with Crippen molar-refractivity contribution in [3.8, 4) is 0 Å². The summed E-state index contributed by atoms with van der Waals surface area (Å²) in [4.78, 5) is 29.0. The Balaban J connectivity index is 0.00000182. The quantitative estimate of drug-likeness (QED) is 0.673. The first-order valence-electron chi connectivity index (χ1n) is 7.95. The van der Waals surface area contributed by atoms with E-state index in [4.69, 9.17) is 4.42 Å². The smallest absolute Gasteiger partial charge is 0.262 e. The SMILES string of the molecule is Cc1cc2c(c3c1oc1ccccc13)C(=O)N(CCN(C)C)C2=O.Cl. The molecule has 4 rings (SSSR count). The third-order valence-electron chi connectivity index (χ3n) is 4.54. The number of hydrogen-bond acceptors (Lipinski definition) is 4. The first-order valence-corrected chi connectivity index (χ1v) is 7.95. The molecule has 6 heteroatoms. The normalized spacial score (nSPS) is 13.8. The van der Waals surface area contributed by atoms with Crippen LogP contribution in [0.25, 0.3) is 21.9 Å². The fourth-order valence-corrected chi connectivity index (χ4v) is 3.33. The van der Waals surface area contributed by atoms with Crippen molar-refractivity contribution in [3.63, 3.8) is 0 Å². The number of imide groups is 1. The number of hydrogen-bond donors (Lipinski definition) is 0. The second-order valence-corrected chi connectivity index (χ2v) is 6.48. The number of benzene rings is 2. The number of aryl methyl sites for hydroxylation is 1. The number of carbonyl (C=O) groups is 2. The van der Waals surface area contributed by atoms with Crippen LogP contribution in [0, 0.1) is 6.92 Å². The van der Waals surface area contributed by atoms with Crippen LogP contribution in [0.1, 0.15) is 26.3 Å². The van der Waals surface area contributed by atoms with Gasteiger partial charge < -0.3 is 9.32 Å². The van der Waals surface area contributed by atoms with E-state index < -0.39 is 0 Å². The van der Waals surface area contributed by atoms with Crippen LogP contribution in [0.15, 0.2) is 34.7 Å². The highest BCUT2D eigenvalue weighted by atomic mass is 35.5. The fourth-order valence-electron chi connectivity index (χ4n) is 3.33. The highest BCUT2D eigenvalue weighted by molar-refractivity contribution is 6.29. The van der Waals surface area contributed by atoms with Gasteiger partial charge in [0.2, 0.25) is 0 Å². The average Bonchev–Trinajstić information content (AvgIpc) is 3.03. The number of fused-ring (bicyclic) bond motifs is 5. The second kappa shape index (κ2) is 6.17. The van der Waals surface area contributed by atoms with E-state index in [0.29, 0.717) is 29.8 Å². The molecule has 2 aromatic carbocycles. The lowest BCUT2D eigenvalue weighted by Crippen LogP contribution is -2.35. The lowest BCUT2D eigenvalue weighted by atomic mass is 9.99. The summed E-state index contributed by atoms with van der Waals surface area (Å²) >= 11 is 0. The van der Waals surface area contributed by atoms with Crippen LogP contribution in [0.3, 0.4) is 0 Å². The summed E-state index contributed by atoms with van der Waals surface area (Å²) in [6.07, 6.45) is 0. The molecule has 1 aliphatic heterocycles. The van der Waals surface area contributed by atoms with E-state index in [0.717, 1.165) is 21.9 Å². The summed E-state index contributed by atoms with van der Waals surface area (Å²) in [5.74, 6) is -0.444. The summed E-state index contributed by atoms with van der Waals surface area (Å²) in [5.41, 5.74) is 3.25. The molecule has 1 aliphatic rings. The number of carbonyl (C=O) groups excluding carboxylic acids is 2. The monoisotopic (exact) mass is 358 g/mol. The van der Waals surface area contributed by atoms with Gasteiger partial charge in [0.05, 0.1) is 11.1 Å². The zero-order chi connectivity index (χ0) is 17.0. The maximum Gasteiger partial charge on any atom is 0.262 e. The zero-order valence-electron chi connectivity index (χ0n) is 14.3. The molecule has 0 aliphatic carbocycles. The number of furan rings is 1. The Kier molecular flexibility index (Phi) is 4.31. The Labute approximate surface area is 151 Å². The minimum atomic E-state index is -0.228. The van der Waals surface area contributed by atoms with Gasteiger partial charge in [0.1, 0.15) is 11.2 Å². The van der Waals surface area contributed by atoms with Crippen molar-refractivity contribution in [2.24, 2.45) is 0 Å². The average molecular weight is 359 g/mol. The number of halogens is 1. The molecule has 25 heavy (non-hydrogen) atoms. The Morgan fingerprint density at radius 1 is 1.12 bits per heavy atom. The molecule has 2 amide bonds. The number of likely N-dealkylation sites (N-methyl/N-ethyl adjacent to an activating group) is 1. The maximum absolute atomic E-state index is 12.9. The minimum absolute atomic E-state index is 0. The number of para-hydroxylation sites is 1. The van der Waals surface area contributed by atoms with Crippen molar-refractivity contribution in [1.29, 1.82) is 0 Å². The predicted octanol–water partition coefficient (Wildman–Crippen LogP) is 3.47. The van der Waals surface area contributed by atoms with Crippen LogP contribution in [-0.2, 0) is 0 Å². The first kappa shape index (κ1) is 17.5. The van der Waals surface area contributed by atoms with Crippen molar-refractivity contribution in [3.05, 3.63) is 47.0 Å². The molecule has 0 bridgehead atoms. The summed E-state index contributed by atoms with van der Waals surface area (Å²) in [5, 5.41) is 1.63. The first-order chi connectivity index (χ1) is 11.5. The molecule has 0 N–H and O–H groups in total. The van der Waals surface area contributed by atoms with Crippen LogP contribution in [0.4, 0.5) is 0 Å². The molecule has 0 atom stereocenters. The van der Waals surface area contributed by atoms with Crippen LogP contribution >= 0.6 is 12.4 Å². The maximum atomic E-state index is 12.9. The third-order valence-corrected chi connectivity index (χ3v) is 4.54. The summed E-state index contributed by atoms with van der Waals surface area (Å²) in [6, 6.07) is 9.40. The van der Waals surface area contributed by atoms with E-state index in [1.165, 1.54) is 4.90 Å². The second-order valence-electron chi connectivity index (χ2n) is 6.48. The van der Waals surface area contributed by atoms with Gasteiger partial charge in [0, 0.05) is 23.9 Å². The molecule has 2 heterocycles. The van der Waals surface area contributed by atoms with Crippen molar-refractivity contribution < 1.29 is 14.0 Å². The minimum Gasteiger partial charge on any atom is -0.456 e. The fraction of sp³-hybridized carbons (Fsp3) is 0.263. The topological polar surface area (TPSA) is 53.8 Å². The summed E-state index contributed by atoms with van der Waals surface area (Å²) in [7, 11) is 3.84. The van der Waals surface area contributed by atoms with Gasteiger partial charge in [-0.15, -0.1) is 12.4 Å². The molecule has 0 radical (unpaired) electrons. The van der Waals surface area contributed by atoms with E-state index in [2.05, 4.69) is 0 Å². The number of rotatable bonds is 3. The molecule has 0 saturated heterocycles. The molecular weight excluding hydrogens is 340 g/mol. The molecule has 0 unspecified atom stereocenters. The van der Waals surface area contributed by atoms with E-state index >= 15 is 0 Å². The van der Waals surface area contributed by atoms with Crippen LogP contribution in [-0.4, -0.2) is 48.8 Å². The van der Waals surface area contributed by atoms with Gasteiger partial charge in [-0.1, -0.05) is 18.2 Å². The van der Waals surface area contributed by atoms with Gasteiger partial charge in [-0.05, 0) is 38.7 Å². The van der Waals surface area contributed by atoms with Gasteiger partial charge >= 0.3 is 0 Å². The van der Waals surface area contributed by atoms with Crippen molar-refractivity contribution >= 4 is 46.2 Å². The largest absolute Gasteiger partial charge is 0.456 e. The Bertz CT molecular complexity index is 1010. The molecule has 5 nitrogen and oxygen atoms in total. The molecule has 3 aromatic rings. The molecule has 0 saturated carbocycles. The van der Waals surface area contributed by atoms with E-state index in [9.17, 15) is 9.59 Å². The van der Waals surface area contributed by atoms with Crippen molar-refractivity contribution in [1.82, 2.24) is 9.80 Å². The van der Waals surface area contributed by atoms with Crippen LogP contribution in [0.2, 0.25) is 0 Å². The summed E-state index contributed by atoms with van der Waals surface area (Å²) < 4.78 is 5.94. The Morgan fingerprint density at radius 2 is 1.84 bits per heavy atom. The zero-order valence-corrected chi connectivity index (χ0v) is 15.1. The lowest BCUT2D eigenvalue weighted by molar-refractivity contribution is 0.0645. The van der Waals surface area contributed by atoms with Crippen LogP contribution < -0.4 is 0 Å². The summed E-state index contributed by atoms with van der Waals surface area (Å²) in [6.45, 7) is 2.93.